The first-order chi connectivity index (χ1) is 12.6. The number of fused-ring (bicyclic) bond motifs is 2. The van der Waals surface area contributed by atoms with E-state index in [4.69, 9.17) is 14.2 Å². The predicted molar refractivity (Wildman–Crippen MR) is 94.5 cm³/mol. The van der Waals surface area contributed by atoms with E-state index in [0.717, 1.165) is 0 Å². The molecule has 3 fully saturated rings. The molecule has 3 aliphatic rings. The van der Waals surface area contributed by atoms with E-state index in [1.165, 1.54) is 0 Å². The summed E-state index contributed by atoms with van der Waals surface area (Å²) in [5, 5.41) is 11.0. The van der Waals surface area contributed by atoms with Crippen LogP contribution in [0.2, 0.25) is 0 Å². The number of allylic oxidation sites excluding steroid dienone is 1. The van der Waals surface area contributed by atoms with Gasteiger partial charge in [0, 0.05) is 24.0 Å². The number of epoxide rings is 1. The third-order valence-electron chi connectivity index (χ3n) is 5.58. The summed E-state index contributed by atoms with van der Waals surface area (Å²) in [5.74, 6) is -2.24. The summed E-state index contributed by atoms with van der Waals surface area (Å²) in [7, 11) is 0. The maximum absolute atomic E-state index is 12.5. The van der Waals surface area contributed by atoms with Gasteiger partial charge in [-0.2, -0.15) is 0 Å². The van der Waals surface area contributed by atoms with Gasteiger partial charge in [-0.15, -0.1) is 0 Å². The third kappa shape index (κ3) is 3.37. The van der Waals surface area contributed by atoms with Crippen LogP contribution < -0.4 is 0 Å². The van der Waals surface area contributed by atoms with Crippen LogP contribution in [-0.4, -0.2) is 52.8 Å². The molecule has 0 aromatic carbocycles. The van der Waals surface area contributed by atoms with E-state index in [9.17, 15) is 19.5 Å². The molecule has 146 valence electrons. The molecule has 3 rings (SSSR count). The Morgan fingerprint density at radius 3 is 2.67 bits per heavy atom. The molecule has 0 spiro atoms. The maximum atomic E-state index is 12.5. The van der Waals surface area contributed by atoms with Gasteiger partial charge in [0.25, 0.3) is 0 Å². The Morgan fingerprint density at radius 2 is 2.04 bits per heavy atom. The van der Waals surface area contributed by atoms with Gasteiger partial charge in [0.05, 0.1) is 5.92 Å². The molecule has 0 amide bonds. The summed E-state index contributed by atoms with van der Waals surface area (Å²) >= 11 is 0. The van der Waals surface area contributed by atoms with Gasteiger partial charge in [0.2, 0.25) is 0 Å². The number of aliphatic hydroxyl groups excluding tert-OH is 1. The van der Waals surface area contributed by atoms with Crippen molar-refractivity contribution in [3.8, 4) is 0 Å². The molecule has 0 unspecified atom stereocenters. The maximum Gasteiger partial charge on any atom is 0.334 e. The Labute approximate surface area is 157 Å². The van der Waals surface area contributed by atoms with Gasteiger partial charge in [-0.25, -0.2) is 9.59 Å². The quantitative estimate of drug-likeness (QED) is 0.336. The Bertz CT molecular complexity index is 764. The van der Waals surface area contributed by atoms with E-state index in [-0.39, 0.29) is 29.8 Å². The van der Waals surface area contributed by atoms with Crippen LogP contribution in [0.3, 0.4) is 0 Å². The van der Waals surface area contributed by atoms with Gasteiger partial charge in [-0.05, 0) is 26.3 Å². The molecule has 7 heteroatoms. The normalized spacial score (nSPS) is 39.4. The lowest BCUT2D eigenvalue weighted by Crippen LogP contribution is -2.44. The van der Waals surface area contributed by atoms with Gasteiger partial charge in [0.1, 0.15) is 30.0 Å². The van der Waals surface area contributed by atoms with Gasteiger partial charge in [0.15, 0.2) is 5.78 Å². The van der Waals surface area contributed by atoms with E-state index < -0.39 is 47.9 Å². The number of esters is 2. The molecule has 0 bridgehead atoms. The first-order valence-corrected chi connectivity index (χ1v) is 8.89. The Kier molecular flexibility index (Phi) is 4.86. The van der Waals surface area contributed by atoms with Gasteiger partial charge < -0.3 is 19.3 Å². The third-order valence-corrected chi connectivity index (χ3v) is 5.58. The minimum atomic E-state index is -1.32. The number of hydrogen-bond donors (Lipinski definition) is 1. The van der Waals surface area contributed by atoms with E-state index in [1.54, 1.807) is 26.8 Å². The van der Waals surface area contributed by atoms with Crippen molar-refractivity contribution in [1.82, 2.24) is 0 Å². The van der Waals surface area contributed by atoms with Crippen LogP contribution in [-0.2, 0) is 28.6 Å². The first kappa shape index (κ1) is 19.5. The summed E-state index contributed by atoms with van der Waals surface area (Å²) in [6, 6.07) is 0. The van der Waals surface area contributed by atoms with Gasteiger partial charge in [-0.3, -0.25) is 4.79 Å². The summed E-state index contributed by atoms with van der Waals surface area (Å²) in [5.41, 5.74) is -0.0477. The lowest BCUT2D eigenvalue weighted by molar-refractivity contribution is -0.151. The van der Waals surface area contributed by atoms with Crippen molar-refractivity contribution < 1.29 is 33.7 Å². The summed E-state index contributed by atoms with van der Waals surface area (Å²) < 4.78 is 16.4. The number of Topliss-reactive ketones (excluding diaryl/α,β-unsaturated/α-hetero) is 1. The number of ketones is 1. The second-order valence-electron chi connectivity index (χ2n) is 7.60. The van der Waals surface area contributed by atoms with Crippen LogP contribution in [0.25, 0.3) is 0 Å². The molecule has 1 aliphatic carbocycles. The minimum Gasteiger partial charge on any atom is -0.458 e. The van der Waals surface area contributed by atoms with Crippen LogP contribution in [0.5, 0.6) is 0 Å². The fourth-order valence-corrected chi connectivity index (χ4v) is 3.76. The molecular weight excluding hydrogens is 352 g/mol. The SMILES string of the molecule is C=C1C(=O)O[C@H]2C[C@@]3(C)O[C@H]3C(=O)CC(=C)[C@@H](OC(=O)/C(C)=C\C)[C@H](O)[C@@H]12. The average molecular weight is 376 g/mol. The highest BCUT2D eigenvalue weighted by Gasteiger charge is 2.61. The monoisotopic (exact) mass is 376 g/mol. The Balaban J connectivity index is 1.96. The molecule has 7 nitrogen and oxygen atoms in total. The van der Waals surface area contributed by atoms with Crippen molar-refractivity contribution in [1.29, 1.82) is 0 Å². The molecule has 6 atom stereocenters. The smallest absolute Gasteiger partial charge is 0.334 e. The Morgan fingerprint density at radius 1 is 1.37 bits per heavy atom. The number of rotatable bonds is 2. The molecule has 2 saturated heterocycles. The zero-order valence-corrected chi connectivity index (χ0v) is 15.7. The molecule has 27 heavy (non-hydrogen) atoms. The van der Waals surface area contributed by atoms with Crippen molar-refractivity contribution in [2.24, 2.45) is 5.92 Å². The molecule has 1 N–H and O–H groups in total. The van der Waals surface area contributed by atoms with E-state index in [1.807, 2.05) is 0 Å². The van der Waals surface area contributed by atoms with Crippen LogP contribution in [0.4, 0.5) is 0 Å². The summed E-state index contributed by atoms with van der Waals surface area (Å²) in [6.07, 6.45) is -2.11. The topological polar surface area (TPSA) is 102 Å². The number of carbonyl (C=O) groups excluding carboxylic acids is 3. The predicted octanol–water partition coefficient (Wildman–Crippen LogP) is 1.40. The highest BCUT2D eigenvalue weighted by atomic mass is 16.6. The fraction of sp³-hybridized carbons (Fsp3) is 0.550. The lowest BCUT2D eigenvalue weighted by Gasteiger charge is -2.32. The molecular formula is C20H24O7. The second kappa shape index (κ2) is 6.73. The Hall–Kier alpha value is -2.25. The highest BCUT2D eigenvalue weighted by Crippen LogP contribution is 2.47. The first-order valence-electron chi connectivity index (χ1n) is 8.89. The van der Waals surface area contributed by atoms with E-state index >= 15 is 0 Å². The molecule has 0 aromatic heterocycles. The number of ether oxygens (including phenoxy) is 3. The van der Waals surface area contributed by atoms with Crippen molar-refractivity contribution in [3.05, 3.63) is 36.0 Å². The number of aliphatic hydroxyl groups is 1. The van der Waals surface area contributed by atoms with Crippen molar-refractivity contribution in [2.75, 3.05) is 0 Å². The summed E-state index contributed by atoms with van der Waals surface area (Å²) in [4.78, 5) is 36.8. The number of carbonyl (C=O) groups is 3. The molecule has 1 saturated carbocycles. The molecule has 0 aromatic rings. The minimum absolute atomic E-state index is 0.0944. The highest BCUT2D eigenvalue weighted by molar-refractivity contribution is 5.92. The largest absolute Gasteiger partial charge is 0.458 e. The van der Waals surface area contributed by atoms with Crippen LogP contribution in [0, 0.1) is 5.92 Å². The fourth-order valence-electron chi connectivity index (χ4n) is 3.76. The standard InChI is InChI=1S/C20H24O7/c1-6-9(2)18(23)26-16-10(3)7-12(21)17-20(5,27-17)8-13-14(15(16)22)11(4)19(24)25-13/h6,13-17,22H,3-4,7-8H2,1-2,5H3/b9-6-/t13-,14-,15+,16+,17-,20+/m0/s1. The van der Waals surface area contributed by atoms with Crippen molar-refractivity contribution >= 4 is 17.7 Å². The van der Waals surface area contributed by atoms with Crippen LogP contribution in [0.1, 0.15) is 33.6 Å². The molecule has 2 heterocycles. The van der Waals surface area contributed by atoms with E-state index in [2.05, 4.69) is 13.2 Å². The van der Waals surface area contributed by atoms with Crippen LogP contribution in [0.15, 0.2) is 36.0 Å². The van der Waals surface area contributed by atoms with Crippen LogP contribution >= 0.6 is 0 Å². The van der Waals surface area contributed by atoms with Gasteiger partial charge >= 0.3 is 11.9 Å². The van der Waals surface area contributed by atoms with Crippen molar-refractivity contribution in [2.45, 2.75) is 63.6 Å². The zero-order chi connectivity index (χ0) is 20.1. The van der Waals surface area contributed by atoms with E-state index in [0.29, 0.717) is 5.57 Å². The summed E-state index contributed by atoms with van der Waals surface area (Å²) in [6.45, 7) is 12.6. The second-order valence-corrected chi connectivity index (χ2v) is 7.60. The molecule has 2 aliphatic heterocycles. The average Bonchev–Trinajstić information content (AvgIpc) is 3.20. The van der Waals surface area contributed by atoms with Crippen molar-refractivity contribution in [3.63, 3.8) is 0 Å². The van der Waals surface area contributed by atoms with Gasteiger partial charge in [-0.1, -0.05) is 19.2 Å². The number of hydrogen-bond acceptors (Lipinski definition) is 7. The lowest BCUT2D eigenvalue weighted by atomic mass is 9.79. The molecule has 0 radical (unpaired) electrons. The zero-order valence-electron chi connectivity index (χ0n) is 15.7.